The molecule has 0 fully saturated rings. The molecule has 0 aliphatic carbocycles. The monoisotopic (exact) mass is 335 g/mol. The summed E-state index contributed by atoms with van der Waals surface area (Å²) in [6, 6.07) is 26.6. The first-order valence-electron chi connectivity index (χ1n) is 7.54. The minimum Gasteiger partial charge on any atom is -0.280 e. The SMILES string of the molecule is O=S(=O)(C=Cc1ccccc1)Nc1ccc(-c2ccccc2)cc1. The molecule has 1 N–H and O–H groups in total. The first kappa shape index (κ1) is 16.0. The molecule has 3 aromatic rings. The Labute approximate surface area is 142 Å². The first-order chi connectivity index (χ1) is 11.6. The van der Waals surface area contributed by atoms with Crippen molar-refractivity contribution in [1.29, 1.82) is 0 Å². The third-order valence-corrected chi connectivity index (χ3v) is 4.51. The van der Waals surface area contributed by atoms with Gasteiger partial charge in [0.05, 0.1) is 5.41 Å². The molecule has 0 aromatic heterocycles. The van der Waals surface area contributed by atoms with Gasteiger partial charge in [0.15, 0.2) is 0 Å². The van der Waals surface area contributed by atoms with E-state index in [4.69, 9.17) is 0 Å². The Morgan fingerprint density at radius 3 is 1.83 bits per heavy atom. The summed E-state index contributed by atoms with van der Waals surface area (Å²) in [5.74, 6) is 0. The average Bonchev–Trinajstić information content (AvgIpc) is 2.62. The number of anilines is 1. The van der Waals surface area contributed by atoms with Gasteiger partial charge in [0, 0.05) is 5.69 Å². The maximum atomic E-state index is 12.1. The normalized spacial score (nSPS) is 11.5. The highest BCUT2D eigenvalue weighted by Crippen LogP contribution is 2.21. The van der Waals surface area contributed by atoms with Gasteiger partial charge in [-0.15, -0.1) is 0 Å². The highest BCUT2D eigenvalue weighted by molar-refractivity contribution is 7.95. The molecule has 0 aliphatic rings. The van der Waals surface area contributed by atoms with Crippen LogP contribution in [0.25, 0.3) is 17.2 Å². The van der Waals surface area contributed by atoms with Gasteiger partial charge in [-0.1, -0.05) is 72.8 Å². The van der Waals surface area contributed by atoms with E-state index in [9.17, 15) is 8.42 Å². The molecular weight excluding hydrogens is 318 g/mol. The van der Waals surface area contributed by atoms with E-state index in [0.29, 0.717) is 5.69 Å². The van der Waals surface area contributed by atoms with Gasteiger partial charge in [0.1, 0.15) is 0 Å². The number of hydrogen-bond acceptors (Lipinski definition) is 2. The summed E-state index contributed by atoms with van der Waals surface area (Å²) in [6.07, 6.45) is 1.57. The zero-order valence-electron chi connectivity index (χ0n) is 13.0. The summed E-state index contributed by atoms with van der Waals surface area (Å²) in [4.78, 5) is 0. The van der Waals surface area contributed by atoms with Crippen molar-refractivity contribution in [2.45, 2.75) is 0 Å². The number of sulfonamides is 1. The lowest BCUT2D eigenvalue weighted by molar-refractivity contribution is 0.609. The fraction of sp³-hybridized carbons (Fsp3) is 0. The summed E-state index contributed by atoms with van der Waals surface area (Å²) in [5.41, 5.74) is 3.50. The average molecular weight is 335 g/mol. The van der Waals surface area contributed by atoms with E-state index in [0.717, 1.165) is 16.7 Å². The third kappa shape index (κ3) is 4.33. The second-order valence-electron chi connectivity index (χ2n) is 5.30. The van der Waals surface area contributed by atoms with Crippen molar-refractivity contribution in [1.82, 2.24) is 0 Å². The van der Waals surface area contributed by atoms with Crippen molar-refractivity contribution in [3.63, 3.8) is 0 Å². The van der Waals surface area contributed by atoms with Crippen LogP contribution < -0.4 is 4.72 Å². The molecular formula is C20H17NO2S. The molecule has 0 saturated carbocycles. The van der Waals surface area contributed by atoms with Gasteiger partial charge >= 0.3 is 0 Å². The van der Waals surface area contributed by atoms with Gasteiger partial charge in [0.25, 0.3) is 10.0 Å². The third-order valence-electron chi connectivity index (χ3n) is 3.49. The molecule has 0 amide bonds. The predicted octanol–water partition coefficient (Wildman–Crippen LogP) is 4.77. The molecule has 3 nitrogen and oxygen atoms in total. The zero-order valence-corrected chi connectivity index (χ0v) is 13.8. The van der Waals surface area contributed by atoms with Crippen LogP contribution in [0.4, 0.5) is 5.69 Å². The number of benzene rings is 3. The Bertz CT molecular complexity index is 916. The van der Waals surface area contributed by atoms with E-state index < -0.39 is 10.0 Å². The van der Waals surface area contributed by atoms with Gasteiger partial charge in [-0.25, -0.2) is 8.42 Å². The molecule has 3 aromatic carbocycles. The Morgan fingerprint density at radius 1 is 0.667 bits per heavy atom. The molecule has 0 spiro atoms. The van der Waals surface area contributed by atoms with E-state index in [-0.39, 0.29) is 0 Å². The van der Waals surface area contributed by atoms with E-state index in [1.54, 1.807) is 18.2 Å². The standard InChI is InChI=1S/C20H17NO2S/c22-24(23,16-15-17-7-3-1-4-8-17)21-20-13-11-19(12-14-20)18-9-5-2-6-10-18/h1-16,21H. The summed E-state index contributed by atoms with van der Waals surface area (Å²) in [7, 11) is -3.54. The summed E-state index contributed by atoms with van der Waals surface area (Å²) in [5, 5.41) is 1.17. The van der Waals surface area contributed by atoms with Gasteiger partial charge < -0.3 is 0 Å². The van der Waals surface area contributed by atoms with Crippen LogP contribution in [0.1, 0.15) is 5.56 Å². The van der Waals surface area contributed by atoms with Crippen LogP contribution in [-0.2, 0) is 10.0 Å². The molecule has 0 aliphatic heterocycles. The van der Waals surface area contributed by atoms with Crippen LogP contribution in [0.3, 0.4) is 0 Å². The number of hydrogen-bond donors (Lipinski definition) is 1. The van der Waals surface area contributed by atoms with Gasteiger partial charge in [0.2, 0.25) is 0 Å². The molecule has 0 unspecified atom stereocenters. The van der Waals surface area contributed by atoms with Crippen LogP contribution in [0.5, 0.6) is 0 Å². The van der Waals surface area contributed by atoms with E-state index in [1.165, 1.54) is 5.41 Å². The maximum absolute atomic E-state index is 12.1. The maximum Gasteiger partial charge on any atom is 0.255 e. The Morgan fingerprint density at radius 2 is 1.21 bits per heavy atom. The lowest BCUT2D eigenvalue weighted by Gasteiger charge is -2.06. The highest BCUT2D eigenvalue weighted by atomic mass is 32.2. The molecule has 0 bridgehead atoms. The molecule has 0 saturated heterocycles. The van der Waals surface area contributed by atoms with Gasteiger partial charge in [-0.3, -0.25) is 4.72 Å². The summed E-state index contributed by atoms with van der Waals surface area (Å²) >= 11 is 0. The van der Waals surface area contributed by atoms with E-state index in [1.807, 2.05) is 72.8 Å². The molecule has 24 heavy (non-hydrogen) atoms. The quantitative estimate of drug-likeness (QED) is 0.730. The minimum absolute atomic E-state index is 0.535. The van der Waals surface area contributed by atoms with Crippen LogP contribution in [0.15, 0.2) is 90.3 Å². The molecule has 3 rings (SSSR count). The van der Waals surface area contributed by atoms with Crippen molar-refractivity contribution < 1.29 is 8.42 Å². The fourth-order valence-corrected chi connectivity index (χ4v) is 3.16. The highest BCUT2D eigenvalue weighted by Gasteiger charge is 2.06. The second-order valence-corrected chi connectivity index (χ2v) is 6.87. The van der Waals surface area contributed by atoms with Gasteiger partial charge in [-0.05, 0) is 34.9 Å². The summed E-state index contributed by atoms with van der Waals surface area (Å²) < 4.78 is 26.8. The van der Waals surface area contributed by atoms with Crippen molar-refractivity contribution in [2.75, 3.05) is 4.72 Å². The van der Waals surface area contributed by atoms with Crippen molar-refractivity contribution in [2.24, 2.45) is 0 Å². The van der Waals surface area contributed by atoms with Crippen LogP contribution in [0, 0.1) is 0 Å². The minimum atomic E-state index is -3.54. The second kappa shape index (κ2) is 7.15. The topological polar surface area (TPSA) is 46.2 Å². The van der Waals surface area contributed by atoms with Crippen molar-refractivity contribution >= 4 is 21.8 Å². The van der Waals surface area contributed by atoms with Crippen LogP contribution in [0.2, 0.25) is 0 Å². The smallest absolute Gasteiger partial charge is 0.255 e. The van der Waals surface area contributed by atoms with Crippen LogP contribution >= 0.6 is 0 Å². The van der Waals surface area contributed by atoms with E-state index >= 15 is 0 Å². The largest absolute Gasteiger partial charge is 0.280 e. The summed E-state index contributed by atoms with van der Waals surface area (Å²) in [6.45, 7) is 0. The lowest BCUT2D eigenvalue weighted by atomic mass is 10.1. The number of nitrogens with one attached hydrogen (secondary N) is 1. The fourth-order valence-electron chi connectivity index (χ4n) is 2.29. The predicted molar refractivity (Wildman–Crippen MR) is 99.9 cm³/mol. The van der Waals surface area contributed by atoms with Crippen molar-refractivity contribution in [3.8, 4) is 11.1 Å². The molecule has 0 heterocycles. The Kier molecular flexibility index (Phi) is 4.77. The Balaban J connectivity index is 1.72. The number of rotatable bonds is 5. The molecule has 0 atom stereocenters. The molecule has 0 radical (unpaired) electrons. The molecule has 4 heteroatoms. The van der Waals surface area contributed by atoms with E-state index in [2.05, 4.69) is 4.72 Å². The molecule has 120 valence electrons. The lowest BCUT2D eigenvalue weighted by Crippen LogP contribution is -2.08. The van der Waals surface area contributed by atoms with Crippen LogP contribution in [-0.4, -0.2) is 8.42 Å². The Hall–Kier alpha value is -2.85. The van der Waals surface area contributed by atoms with Crippen molar-refractivity contribution in [3.05, 3.63) is 95.9 Å². The first-order valence-corrected chi connectivity index (χ1v) is 9.08. The van der Waals surface area contributed by atoms with Gasteiger partial charge in [-0.2, -0.15) is 0 Å². The zero-order chi connectivity index (χ0) is 16.8.